The quantitative estimate of drug-likeness (QED) is 0.204. The summed E-state index contributed by atoms with van der Waals surface area (Å²) in [4.78, 5) is 43.6. The van der Waals surface area contributed by atoms with E-state index in [0.29, 0.717) is 46.3 Å². The van der Waals surface area contributed by atoms with Crippen LogP contribution in [0.2, 0.25) is 0 Å². The molecule has 0 radical (unpaired) electrons. The van der Waals surface area contributed by atoms with Gasteiger partial charge in [-0.2, -0.15) is 0 Å². The van der Waals surface area contributed by atoms with Crippen molar-refractivity contribution in [3.63, 3.8) is 0 Å². The van der Waals surface area contributed by atoms with Crippen molar-refractivity contribution in [2.45, 2.75) is 43.5 Å². The number of aromatic nitrogens is 2. The number of hydrogen-bond acceptors (Lipinski definition) is 8. The van der Waals surface area contributed by atoms with Crippen molar-refractivity contribution in [1.82, 2.24) is 14.9 Å². The summed E-state index contributed by atoms with van der Waals surface area (Å²) in [7, 11) is 1.55. The van der Waals surface area contributed by atoms with Crippen LogP contribution in [-0.2, 0) is 20.9 Å². The minimum Gasteiger partial charge on any atom is -0.495 e. The van der Waals surface area contributed by atoms with Crippen molar-refractivity contribution >= 4 is 60.9 Å². The number of thioether (sulfide) groups is 1. The smallest absolute Gasteiger partial charge is 0.272 e. The summed E-state index contributed by atoms with van der Waals surface area (Å²) in [6.07, 6.45) is 2.81. The Hall–Kier alpha value is -3.41. The van der Waals surface area contributed by atoms with Gasteiger partial charge in [-0.05, 0) is 37.5 Å². The van der Waals surface area contributed by atoms with Gasteiger partial charge in [-0.25, -0.2) is 4.98 Å². The van der Waals surface area contributed by atoms with Gasteiger partial charge in [0, 0.05) is 36.2 Å². The highest BCUT2D eigenvalue weighted by atomic mass is 32.2. The molecule has 1 unspecified atom stereocenters. The highest BCUT2D eigenvalue weighted by Crippen LogP contribution is 2.32. The van der Waals surface area contributed by atoms with Crippen LogP contribution in [0.4, 0.5) is 5.69 Å². The number of amides is 2. The van der Waals surface area contributed by atoms with Crippen molar-refractivity contribution in [3.05, 3.63) is 58.9 Å². The molecule has 2 amide bonds. The second kappa shape index (κ2) is 12.6. The van der Waals surface area contributed by atoms with Gasteiger partial charge in [-0.15, -0.1) is 11.3 Å². The van der Waals surface area contributed by atoms with Gasteiger partial charge >= 0.3 is 0 Å². The molecular weight excluding hydrogens is 536 g/mol. The van der Waals surface area contributed by atoms with E-state index < -0.39 is 0 Å². The molecule has 2 aromatic heterocycles. The number of thiophene rings is 1. The van der Waals surface area contributed by atoms with E-state index in [-0.39, 0.29) is 35.7 Å². The van der Waals surface area contributed by atoms with Crippen LogP contribution >= 0.6 is 23.1 Å². The average molecular weight is 567 g/mol. The number of para-hydroxylation sites is 2. The lowest BCUT2D eigenvalue weighted by molar-refractivity contribution is -0.121. The van der Waals surface area contributed by atoms with Gasteiger partial charge in [0.1, 0.15) is 10.4 Å². The lowest BCUT2D eigenvalue weighted by Gasteiger charge is -2.13. The number of fused-ring (bicyclic) bond motifs is 3. The zero-order valence-corrected chi connectivity index (χ0v) is 23.2. The lowest BCUT2D eigenvalue weighted by atomic mass is 10.2. The van der Waals surface area contributed by atoms with Gasteiger partial charge in [-0.3, -0.25) is 19.0 Å². The molecule has 1 fully saturated rings. The number of carbonyl (C=O) groups excluding carboxylic acids is 2. The summed E-state index contributed by atoms with van der Waals surface area (Å²) in [6, 6.07) is 15.0. The lowest BCUT2D eigenvalue weighted by Crippen LogP contribution is -2.32. The molecule has 5 rings (SSSR count). The number of hydrogen-bond donors (Lipinski definition) is 2. The van der Waals surface area contributed by atoms with Gasteiger partial charge < -0.3 is 20.1 Å². The zero-order chi connectivity index (χ0) is 27.2. The molecule has 1 atom stereocenters. The van der Waals surface area contributed by atoms with Crippen LogP contribution in [0.5, 0.6) is 5.75 Å². The zero-order valence-electron chi connectivity index (χ0n) is 21.6. The Morgan fingerprint density at radius 2 is 2.00 bits per heavy atom. The van der Waals surface area contributed by atoms with Gasteiger partial charge in [-0.1, -0.05) is 42.1 Å². The summed E-state index contributed by atoms with van der Waals surface area (Å²) in [6.45, 7) is 1.57. The first kappa shape index (κ1) is 27.2. The van der Waals surface area contributed by atoms with E-state index in [1.54, 1.807) is 23.8 Å². The summed E-state index contributed by atoms with van der Waals surface area (Å²) < 4.78 is 14.0. The summed E-state index contributed by atoms with van der Waals surface area (Å²) >= 11 is 2.61. The second-order valence-electron chi connectivity index (χ2n) is 9.21. The Morgan fingerprint density at radius 1 is 1.18 bits per heavy atom. The van der Waals surface area contributed by atoms with E-state index in [1.165, 1.54) is 23.1 Å². The molecule has 11 heteroatoms. The molecule has 1 aliphatic heterocycles. The van der Waals surface area contributed by atoms with E-state index in [2.05, 4.69) is 10.6 Å². The first-order chi connectivity index (χ1) is 19.0. The summed E-state index contributed by atoms with van der Waals surface area (Å²) in [5.74, 6) is 0.309. The number of methoxy groups -OCH3 is 1. The number of nitrogens with one attached hydrogen (secondary N) is 2. The fourth-order valence-corrected chi connectivity index (χ4v) is 6.45. The monoisotopic (exact) mass is 566 g/mol. The van der Waals surface area contributed by atoms with Crippen molar-refractivity contribution in [3.8, 4) is 5.75 Å². The van der Waals surface area contributed by atoms with E-state index >= 15 is 0 Å². The van der Waals surface area contributed by atoms with Gasteiger partial charge in [0.05, 0.1) is 30.2 Å². The van der Waals surface area contributed by atoms with Crippen LogP contribution in [0, 0.1) is 0 Å². The Morgan fingerprint density at radius 3 is 2.82 bits per heavy atom. The topological polar surface area (TPSA) is 112 Å². The van der Waals surface area contributed by atoms with Crippen LogP contribution in [0.1, 0.15) is 25.7 Å². The Kier molecular flexibility index (Phi) is 8.80. The summed E-state index contributed by atoms with van der Waals surface area (Å²) in [5, 5.41) is 7.15. The van der Waals surface area contributed by atoms with E-state index in [1.807, 2.05) is 36.4 Å². The maximum absolute atomic E-state index is 13.6. The molecule has 39 heavy (non-hydrogen) atoms. The van der Waals surface area contributed by atoms with Gasteiger partial charge in [0.25, 0.3) is 5.56 Å². The predicted molar refractivity (Wildman–Crippen MR) is 155 cm³/mol. The van der Waals surface area contributed by atoms with Crippen molar-refractivity contribution < 1.29 is 19.1 Å². The number of benzene rings is 2. The van der Waals surface area contributed by atoms with Crippen LogP contribution in [0.3, 0.4) is 0 Å². The molecule has 0 spiro atoms. The number of rotatable bonds is 11. The first-order valence-electron chi connectivity index (χ1n) is 12.9. The highest BCUT2D eigenvalue weighted by Gasteiger charge is 2.19. The van der Waals surface area contributed by atoms with Crippen LogP contribution in [0.15, 0.2) is 58.5 Å². The maximum atomic E-state index is 13.6. The molecular formula is C28H30N4O5S2. The fourth-order valence-electron chi connectivity index (χ4n) is 4.54. The molecule has 2 aromatic carbocycles. The van der Waals surface area contributed by atoms with Crippen LogP contribution in [0.25, 0.3) is 20.3 Å². The first-order valence-corrected chi connectivity index (χ1v) is 14.7. The van der Waals surface area contributed by atoms with Gasteiger partial charge in [0.2, 0.25) is 11.8 Å². The molecule has 0 aliphatic carbocycles. The Balaban J connectivity index is 1.32. The number of carbonyl (C=O) groups is 2. The second-order valence-corrected chi connectivity index (χ2v) is 11.2. The standard InChI is InChI=1S/C28H30N4O5S2/c1-36-21-11-4-3-10-20(21)30-24(34)17-38-28-31-25-19-9-2-5-12-22(19)39-26(25)27(35)32(28)14-6-13-23(33)29-16-18-8-7-15-37-18/h2-5,9-12,18H,6-8,13-17H2,1H3,(H,29,33)(H,30,34). The third kappa shape index (κ3) is 6.43. The number of ether oxygens (including phenoxy) is 2. The summed E-state index contributed by atoms with van der Waals surface area (Å²) in [5.41, 5.74) is 1.05. The number of nitrogens with zero attached hydrogens (tertiary/aromatic N) is 2. The van der Waals surface area contributed by atoms with Crippen molar-refractivity contribution in [1.29, 1.82) is 0 Å². The van der Waals surface area contributed by atoms with E-state index in [4.69, 9.17) is 14.5 Å². The maximum Gasteiger partial charge on any atom is 0.272 e. The van der Waals surface area contributed by atoms with Gasteiger partial charge in [0.15, 0.2) is 5.16 Å². The fraction of sp³-hybridized carbons (Fsp3) is 0.357. The highest BCUT2D eigenvalue weighted by molar-refractivity contribution is 7.99. The molecule has 2 N–H and O–H groups in total. The van der Waals surface area contributed by atoms with Crippen molar-refractivity contribution in [2.75, 3.05) is 31.3 Å². The minimum absolute atomic E-state index is 0.0555. The van der Waals surface area contributed by atoms with Crippen molar-refractivity contribution in [2.24, 2.45) is 0 Å². The third-order valence-electron chi connectivity index (χ3n) is 6.50. The third-order valence-corrected chi connectivity index (χ3v) is 8.62. The molecule has 1 saturated heterocycles. The largest absolute Gasteiger partial charge is 0.495 e. The van der Waals surface area contributed by atoms with E-state index in [0.717, 1.165) is 29.5 Å². The molecule has 0 bridgehead atoms. The predicted octanol–water partition coefficient (Wildman–Crippen LogP) is 4.43. The Labute approximate surface area is 233 Å². The number of anilines is 1. The molecule has 1 aliphatic rings. The van der Waals surface area contributed by atoms with Crippen LogP contribution in [-0.4, -0.2) is 53.5 Å². The molecule has 3 heterocycles. The molecule has 9 nitrogen and oxygen atoms in total. The average Bonchev–Trinajstić information content (AvgIpc) is 3.61. The van der Waals surface area contributed by atoms with Crippen LogP contribution < -0.4 is 20.9 Å². The Bertz CT molecular complexity index is 1540. The molecule has 204 valence electrons. The SMILES string of the molecule is COc1ccccc1NC(=O)CSc1nc2c(sc3ccccc32)c(=O)n1CCCC(=O)NCC1CCCO1. The molecule has 0 saturated carbocycles. The van der Waals surface area contributed by atoms with E-state index in [9.17, 15) is 14.4 Å². The normalized spacial score (nSPS) is 15.1. The molecule has 4 aromatic rings. The minimum atomic E-state index is -0.242.